The first-order valence-electron chi connectivity index (χ1n) is 9.98. The van der Waals surface area contributed by atoms with E-state index in [2.05, 4.69) is 29.5 Å². The molecule has 0 aromatic heterocycles. The molecule has 0 amide bonds. The number of hydrogen-bond donors (Lipinski definition) is 2. The molecule has 2 aliphatic rings. The smallest absolute Gasteiger partial charge is 0.191 e. The fourth-order valence-corrected chi connectivity index (χ4v) is 3.99. The molecule has 0 saturated carbocycles. The standard InChI is InChI=1S/C20H31F2N5/c1-3-23-20(24-12-15-5-4-9-26(2)13-15)25-17-8-10-27(14-17)19-7-6-16(21)11-18(19)22/h6-7,11,15,17H,3-5,8-10,12-14H2,1-2H3,(H2,23,24,25). The predicted octanol–water partition coefficient (Wildman–Crippen LogP) is 2.44. The summed E-state index contributed by atoms with van der Waals surface area (Å²) in [5, 5.41) is 6.80. The van der Waals surface area contributed by atoms with Gasteiger partial charge in [-0.05, 0) is 57.8 Å². The Bertz CT molecular complexity index is 651. The van der Waals surface area contributed by atoms with Crippen molar-refractivity contribution in [2.45, 2.75) is 32.2 Å². The van der Waals surface area contributed by atoms with Crippen molar-refractivity contribution in [1.82, 2.24) is 15.5 Å². The zero-order valence-corrected chi connectivity index (χ0v) is 16.3. The lowest BCUT2D eigenvalue weighted by Gasteiger charge is -2.29. The van der Waals surface area contributed by atoms with Crippen LogP contribution in [0, 0.1) is 17.6 Å². The van der Waals surface area contributed by atoms with E-state index in [-0.39, 0.29) is 6.04 Å². The second kappa shape index (κ2) is 9.35. The highest BCUT2D eigenvalue weighted by molar-refractivity contribution is 5.80. The van der Waals surface area contributed by atoms with Gasteiger partial charge in [-0.2, -0.15) is 0 Å². The van der Waals surface area contributed by atoms with E-state index in [1.165, 1.54) is 31.5 Å². The van der Waals surface area contributed by atoms with E-state index in [1.807, 2.05) is 4.90 Å². The SMILES string of the molecule is CCNC(=NCC1CCCN(C)C1)NC1CCN(c2ccc(F)cc2F)C1. The normalized spacial score (nSPS) is 24.3. The van der Waals surface area contributed by atoms with Crippen molar-refractivity contribution in [2.75, 3.05) is 51.2 Å². The quantitative estimate of drug-likeness (QED) is 0.609. The summed E-state index contributed by atoms with van der Waals surface area (Å²) in [7, 11) is 2.17. The van der Waals surface area contributed by atoms with E-state index < -0.39 is 11.6 Å². The van der Waals surface area contributed by atoms with E-state index in [9.17, 15) is 8.78 Å². The highest BCUT2D eigenvalue weighted by Crippen LogP contribution is 2.24. The van der Waals surface area contributed by atoms with Gasteiger partial charge in [0, 0.05) is 44.8 Å². The number of nitrogens with one attached hydrogen (secondary N) is 2. The number of aliphatic imine (C=N–C) groups is 1. The summed E-state index contributed by atoms with van der Waals surface area (Å²) in [6, 6.07) is 3.97. The molecule has 0 radical (unpaired) electrons. The summed E-state index contributed by atoms with van der Waals surface area (Å²) in [5.41, 5.74) is 0.466. The van der Waals surface area contributed by atoms with Gasteiger partial charge < -0.3 is 20.4 Å². The van der Waals surface area contributed by atoms with E-state index in [1.54, 1.807) is 0 Å². The van der Waals surface area contributed by atoms with Crippen LogP contribution < -0.4 is 15.5 Å². The number of rotatable bonds is 5. The maximum Gasteiger partial charge on any atom is 0.191 e. The number of guanidine groups is 1. The molecular formula is C20H31F2N5. The third-order valence-electron chi connectivity index (χ3n) is 5.35. The lowest BCUT2D eigenvalue weighted by atomic mass is 9.99. The third kappa shape index (κ3) is 5.54. The van der Waals surface area contributed by atoms with Crippen LogP contribution in [0.4, 0.5) is 14.5 Å². The van der Waals surface area contributed by atoms with Crippen LogP contribution >= 0.6 is 0 Å². The van der Waals surface area contributed by atoms with Gasteiger partial charge >= 0.3 is 0 Å². The van der Waals surface area contributed by atoms with Crippen molar-refractivity contribution < 1.29 is 8.78 Å². The molecule has 2 saturated heterocycles. The Morgan fingerprint density at radius 1 is 1.22 bits per heavy atom. The molecule has 2 fully saturated rings. The Kier molecular flexibility index (Phi) is 6.88. The van der Waals surface area contributed by atoms with E-state index in [0.29, 0.717) is 18.2 Å². The predicted molar refractivity (Wildman–Crippen MR) is 106 cm³/mol. The Labute approximate surface area is 160 Å². The maximum atomic E-state index is 14.0. The number of piperidine rings is 1. The van der Waals surface area contributed by atoms with Crippen LogP contribution in [0.5, 0.6) is 0 Å². The number of hydrogen-bond acceptors (Lipinski definition) is 3. The van der Waals surface area contributed by atoms with E-state index in [4.69, 9.17) is 4.99 Å². The molecule has 0 bridgehead atoms. The van der Waals surface area contributed by atoms with Gasteiger partial charge in [0.15, 0.2) is 5.96 Å². The summed E-state index contributed by atoms with van der Waals surface area (Å²) < 4.78 is 27.2. The van der Waals surface area contributed by atoms with E-state index >= 15 is 0 Å². The maximum absolute atomic E-state index is 14.0. The lowest BCUT2D eigenvalue weighted by Crippen LogP contribution is -2.45. The molecule has 3 rings (SSSR count). The van der Waals surface area contributed by atoms with Crippen LogP contribution in [0.3, 0.4) is 0 Å². The fourth-order valence-electron chi connectivity index (χ4n) is 3.99. The Hall–Kier alpha value is -1.89. The second-order valence-electron chi connectivity index (χ2n) is 7.66. The second-order valence-corrected chi connectivity index (χ2v) is 7.66. The van der Waals surface area contributed by atoms with Gasteiger partial charge in [-0.1, -0.05) is 0 Å². The zero-order chi connectivity index (χ0) is 19.2. The van der Waals surface area contributed by atoms with Crippen LogP contribution in [0.15, 0.2) is 23.2 Å². The van der Waals surface area contributed by atoms with Gasteiger partial charge in [-0.25, -0.2) is 8.78 Å². The first kappa shape index (κ1) is 19.9. The molecule has 1 aromatic rings. The molecule has 1 aromatic carbocycles. The number of likely N-dealkylation sites (tertiary alicyclic amines) is 1. The minimum Gasteiger partial charge on any atom is -0.367 e. The van der Waals surface area contributed by atoms with Gasteiger partial charge in [-0.3, -0.25) is 4.99 Å². The van der Waals surface area contributed by atoms with Crippen LogP contribution in [0.25, 0.3) is 0 Å². The first-order valence-corrected chi connectivity index (χ1v) is 9.98. The van der Waals surface area contributed by atoms with Crippen molar-refractivity contribution in [1.29, 1.82) is 0 Å². The molecule has 150 valence electrons. The Balaban J connectivity index is 1.56. The molecule has 0 aliphatic carbocycles. The number of nitrogens with zero attached hydrogens (tertiary/aromatic N) is 3. The molecule has 2 N–H and O–H groups in total. The van der Waals surface area contributed by atoms with Gasteiger partial charge in [0.2, 0.25) is 0 Å². The highest BCUT2D eigenvalue weighted by atomic mass is 19.1. The molecule has 2 heterocycles. The molecule has 2 aliphatic heterocycles. The Morgan fingerprint density at radius 3 is 2.81 bits per heavy atom. The van der Waals surface area contributed by atoms with Gasteiger partial charge in [0.05, 0.1) is 5.69 Å². The van der Waals surface area contributed by atoms with Crippen molar-refractivity contribution in [3.8, 4) is 0 Å². The van der Waals surface area contributed by atoms with Crippen LogP contribution in [-0.2, 0) is 0 Å². The summed E-state index contributed by atoms with van der Waals surface area (Å²) in [6.45, 7) is 7.38. The van der Waals surface area contributed by atoms with Crippen molar-refractivity contribution in [2.24, 2.45) is 10.9 Å². The van der Waals surface area contributed by atoms with Crippen molar-refractivity contribution in [3.05, 3.63) is 29.8 Å². The first-order chi connectivity index (χ1) is 13.0. The fraction of sp³-hybridized carbons (Fsp3) is 0.650. The average Bonchev–Trinajstić information content (AvgIpc) is 3.08. The molecule has 5 nitrogen and oxygen atoms in total. The third-order valence-corrected chi connectivity index (χ3v) is 5.35. The average molecular weight is 379 g/mol. The summed E-state index contributed by atoms with van der Waals surface area (Å²) in [5.74, 6) is 0.391. The molecule has 7 heteroatoms. The summed E-state index contributed by atoms with van der Waals surface area (Å²) >= 11 is 0. The lowest BCUT2D eigenvalue weighted by molar-refractivity contribution is 0.214. The Morgan fingerprint density at radius 2 is 2.07 bits per heavy atom. The van der Waals surface area contributed by atoms with Crippen molar-refractivity contribution >= 4 is 11.6 Å². The largest absolute Gasteiger partial charge is 0.367 e. The highest BCUT2D eigenvalue weighted by Gasteiger charge is 2.25. The topological polar surface area (TPSA) is 42.9 Å². The van der Waals surface area contributed by atoms with Gasteiger partial charge in [0.25, 0.3) is 0 Å². The number of halogens is 2. The molecule has 0 spiro atoms. The molecule has 2 unspecified atom stereocenters. The zero-order valence-electron chi connectivity index (χ0n) is 16.3. The molecular weight excluding hydrogens is 348 g/mol. The summed E-state index contributed by atoms with van der Waals surface area (Å²) in [6.07, 6.45) is 3.36. The van der Waals surface area contributed by atoms with Gasteiger partial charge in [-0.15, -0.1) is 0 Å². The van der Waals surface area contributed by atoms with Crippen molar-refractivity contribution in [3.63, 3.8) is 0 Å². The molecule has 27 heavy (non-hydrogen) atoms. The van der Waals surface area contributed by atoms with E-state index in [0.717, 1.165) is 44.6 Å². The summed E-state index contributed by atoms with van der Waals surface area (Å²) in [4.78, 5) is 9.12. The minimum atomic E-state index is -0.542. The van der Waals surface area contributed by atoms with Crippen LogP contribution in [-0.4, -0.2) is 63.2 Å². The monoisotopic (exact) mass is 379 g/mol. The number of anilines is 1. The molecule has 2 atom stereocenters. The number of benzene rings is 1. The van der Waals surface area contributed by atoms with Crippen LogP contribution in [0.1, 0.15) is 26.2 Å². The van der Waals surface area contributed by atoms with Gasteiger partial charge in [0.1, 0.15) is 11.6 Å². The van der Waals surface area contributed by atoms with Crippen LogP contribution in [0.2, 0.25) is 0 Å². The minimum absolute atomic E-state index is 0.196.